The van der Waals surface area contributed by atoms with E-state index in [4.69, 9.17) is 5.11 Å². The van der Waals surface area contributed by atoms with Gasteiger partial charge in [0.05, 0.1) is 12.0 Å². The molecule has 4 heteroatoms. The number of hydrogen-bond acceptors (Lipinski definition) is 2. The lowest BCUT2D eigenvalue weighted by molar-refractivity contribution is -0.138. The summed E-state index contributed by atoms with van der Waals surface area (Å²) in [6.07, 6.45) is 3.45. The third kappa shape index (κ3) is 3.34. The molecule has 1 aliphatic carbocycles. The molecule has 0 atom stereocenters. The normalized spacial score (nSPS) is 17.1. The molecule has 0 aromatic heterocycles. The van der Waals surface area contributed by atoms with Crippen LogP contribution in [0.1, 0.15) is 48.0 Å². The summed E-state index contributed by atoms with van der Waals surface area (Å²) < 4.78 is 0. The Morgan fingerprint density at radius 2 is 2.00 bits per heavy atom. The summed E-state index contributed by atoms with van der Waals surface area (Å²) in [4.78, 5) is 23.2. The lowest BCUT2D eigenvalue weighted by atomic mass is 9.92. The van der Waals surface area contributed by atoms with E-state index in [-0.39, 0.29) is 12.3 Å². The van der Waals surface area contributed by atoms with Crippen LogP contribution in [-0.2, 0) is 4.79 Å². The van der Waals surface area contributed by atoms with E-state index in [2.05, 4.69) is 5.32 Å². The Morgan fingerprint density at radius 3 is 2.58 bits per heavy atom. The average molecular weight is 261 g/mol. The maximum absolute atomic E-state index is 12.2. The Bertz CT molecular complexity index is 490. The van der Waals surface area contributed by atoms with Gasteiger partial charge in [0, 0.05) is 5.56 Å². The fraction of sp³-hybridized carbons (Fsp3) is 0.467. The number of aryl methyl sites for hydroxylation is 1. The zero-order chi connectivity index (χ0) is 13.9. The van der Waals surface area contributed by atoms with E-state index in [1.807, 2.05) is 25.1 Å². The molecule has 1 aliphatic rings. The number of benzene rings is 1. The van der Waals surface area contributed by atoms with Crippen molar-refractivity contribution in [3.05, 3.63) is 35.4 Å². The highest BCUT2D eigenvalue weighted by molar-refractivity contribution is 5.95. The average Bonchev–Trinajstić information content (AvgIpc) is 2.76. The number of rotatable bonds is 4. The molecule has 102 valence electrons. The van der Waals surface area contributed by atoms with Crippen molar-refractivity contribution in [3.8, 4) is 0 Å². The van der Waals surface area contributed by atoms with Crippen LogP contribution in [0.15, 0.2) is 24.3 Å². The van der Waals surface area contributed by atoms with Gasteiger partial charge in [-0.1, -0.05) is 30.5 Å². The quantitative estimate of drug-likeness (QED) is 0.875. The third-order valence-corrected chi connectivity index (χ3v) is 3.71. The van der Waals surface area contributed by atoms with Gasteiger partial charge in [-0.05, 0) is 31.9 Å². The first-order chi connectivity index (χ1) is 9.01. The highest BCUT2D eigenvalue weighted by atomic mass is 16.4. The molecule has 1 aromatic carbocycles. The van der Waals surface area contributed by atoms with Crippen molar-refractivity contribution in [1.82, 2.24) is 5.32 Å². The zero-order valence-corrected chi connectivity index (χ0v) is 11.1. The number of aliphatic carboxylic acids is 1. The molecule has 0 bridgehead atoms. The Morgan fingerprint density at radius 1 is 1.32 bits per heavy atom. The Balaban J connectivity index is 2.13. The molecule has 2 rings (SSSR count). The van der Waals surface area contributed by atoms with Crippen molar-refractivity contribution >= 4 is 11.9 Å². The molecule has 1 aromatic rings. The lowest BCUT2D eigenvalue weighted by Gasteiger charge is -2.28. The van der Waals surface area contributed by atoms with Crippen molar-refractivity contribution in [2.75, 3.05) is 0 Å². The van der Waals surface area contributed by atoms with Crippen LogP contribution in [0.3, 0.4) is 0 Å². The van der Waals surface area contributed by atoms with Gasteiger partial charge in [-0.15, -0.1) is 0 Å². The highest BCUT2D eigenvalue weighted by Crippen LogP contribution is 2.33. The first kappa shape index (κ1) is 13.6. The summed E-state index contributed by atoms with van der Waals surface area (Å²) in [5.41, 5.74) is 1.05. The largest absolute Gasteiger partial charge is 0.481 e. The van der Waals surface area contributed by atoms with Crippen LogP contribution in [0.5, 0.6) is 0 Å². The van der Waals surface area contributed by atoms with Crippen molar-refractivity contribution < 1.29 is 14.7 Å². The second-order valence-corrected chi connectivity index (χ2v) is 5.38. The minimum absolute atomic E-state index is 0.00452. The fourth-order valence-electron chi connectivity index (χ4n) is 2.79. The SMILES string of the molecule is Cc1cccc(C(=O)NC2(CC(=O)O)CCCC2)c1. The van der Waals surface area contributed by atoms with E-state index in [1.165, 1.54) is 0 Å². The van der Waals surface area contributed by atoms with E-state index in [0.29, 0.717) is 5.56 Å². The summed E-state index contributed by atoms with van der Waals surface area (Å²) in [7, 11) is 0. The summed E-state index contributed by atoms with van der Waals surface area (Å²) in [6, 6.07) is 7.34. The van der Waals surface area contributed by atoms with Gasteiger partial charge in [0.1, 0.15) is 0 Å². The number of amides is 1. The molecule has 19 heavy (non-hydrogen) atoms. The predicted octanol–water partition coefficient (Wildman–Crippen LogP) is 2.51. The van der Waals surface area contributed by atoms with Crippen molar-refractivity contribution in [2.24, 2.45) is 0 Å². The van der Waals surface area contributed by atoms with E-state index >= 15 is 0 Å². The summed E-state index contributed by atoms with van der Waals surface area (Å²) in [5.74, 6) is -1.03. The zero-order valence-electron chi connectivity index (χ0n) is 11.1. The monoisotopic (exact) mass is 261 g/mol. The smallest absolute Gasteiger partial charge is 0.305 e. The Hall–Kier alpha value is -1.84. The van der Waals surface area contributed by atoms with Crippen LogP contribution in [0.2, 0.25) is 0 Å². The Kier molecular flexibility index (Phi) is 3.88. The van der Waals surface area contributed by atoms with Crippen molar-refractivity contribution in [3.63, 3.8) is 0 Å². The van der Waals surface area contributed by atoms with Gasteiger partial charge in [-0.2, -0.15) is 0 Å². The molecule has 4 nitrogen and oxygen atoms in total. The molecular weight excluding hydrogens is 242 g/mol. The van der Waals surface area contributed by atoms with Gasteiger partial charge in [-0.25, -0.2) is 0 Å². The van der Waals surface area contributed by atoms with Crippen LogP contribution < -0.4 is 5.32 Å². The molecular formula is C15H19NO3. The molecule has 1 fully saturated rings. The van der Waals surface area contributed by atoms with Crippen molar-refractivity contribution in [1.29, 1.82) is 0 Å². The lowest BCUT2D eigenvalue weighted by Crippen LogP contribution is -2.47. The van der Waals surface area contributed by atoms with Crippen LogP contribution in [0.4, 0.5) is 0 Å². The number of carbonyl (C=O) groups excluding carboxylic acids is 1. The highest BCUT2D eigenvalue weighted by Gasteiger charge is 2.37. The Labute approximate surface area is 112 Å². The van der Waals surface area contributed by atoms with E-state index in [1.54, 1.807) is 6.07 Å². The first-order valence-electron chi connectivity index (χ1n) is 6.62. The molecule has 0 heterocycles. The van der Waals surface area contributed by atoms with Crippen molar-refractivity contribution in [2.45, 2.75) is 44.6 Å². The molecule has 0 unspecified atom stereocenters. The van der Waals surface area contributed by atoms with Crippen LogP contribution in [0, 0.1) is 6.92 Å². The molecule has 1 amide bonds. The van der Waals surface area contributed by atoms with Gasteiger partial charge < -0.3 is 10.4 Å². The summed E-state index contributed by atoms with van der Waals surface area (Å²) >= 11 is 0. The number of carboxylic acid groups (broad SMARTS) is 1. The number of carbonyl (C=O) groups is 2. The van der Waals surface area contributed by atoms with Gasteiger partial charge in [0.15, 0.2) is 0 Å². The van der Waals surface area contributed by atoms with E-state index < -0.39 is 11.5 Å². The first-order valence-corrected chi connectivity index (χ1v) is 6.62. The van der Waals surface area contributed by atoms with Gasteiger partial charge in [-0.3, -0.25) is 9.59 Å². The molecule has 2 N–H and O–H groups in total. The third-order valence-electron chi connectivity index (χ3n) is 3.71. The molecule has 0 spiro atoms. The molecule has 0 aliphatic heterocycles. The summed E-state index contributed by atoms with van der Waals surface area (Å²) in [6.45, 7) is 1.93. The van der Waals surface area contributed by atoms with Crippen LogP contribution in [0.25, 0.3) is 0 Å². The van der Waals surface area contributed by atoms with E-state index in [0.717, 1.165) is 31.2 Å². The maximum atomic E-state index is 12.2. The molecule has 0 saturated heterocycles. The summed E-state index contributed by atoms with van der Waals surface area (Å²) in [5, 5.41) is 12.0. The number of hydrogen-bond donors (Lipinski definition) is 2. The van der Waals surface area contributed by atoms with Crippen LogP contribution >= 0.6 is 0 Å². The minimum Gasteiger partial charge on any atom is -0.481 e. The van der Waals surface area contributed by atoms with Crippen LogP contribution in [-0.4, -0.2) is 22.5 Å². The van der Waals surface area contributed by atoms with Gasteiger partial charge in [0.2, 0.25) is 0 Å². The van der Waals surface area contributed by atoms with Gasteiger partial charge in [0.25, 0.3) is 5.91 Å². The molecule has 1 saturated carbocycles. The topological polar surface area (TPSA) is 66.4 Å². The predicted molar refractivity (Wildman–Crippen MR) is 72.1 cm³/mol. The number of nitrogens with one attached hydrogen (secondary N) is 1. The molecule has 0 radical (unpaired) electrons. The van der Waals surface area contributed by atoms with E-state index in [9.17, 15) is 9.59 Å². The standard InChI is InChI=1S/C15H19NO3/c1-11-5-4-6-12(9-11)14(19)16-15(10-13(17)18)7-2-3-8-15/h4-6,9H,2-3,7-8,10H2,1H3,(H,16,19)(H,17,18). The number of carboxylic acids is 1. The minimum atomic E-state index is -0.855. The second-order valence-electron chi connectivity index (χ2n) is 5.38. The second kappa shape index (κ2) is 5.43. The fourth-order valence-corrected chi connectivity index (χ4v) is 2.79. The maximum Gasteiger partial charge on any atom is 0.305 e. The van der Waals surface area contributed by atoms with Gasteiger partial charge >= 0.3 is 5.97 Å².